The van der Waals surface area contributed by atoms with Crippen LogP contribution >= 0.6 is 0 Å². The van der Waals surface area contributed by atoms with Crippen LogP contribution in [0.3, 0.4) is 0 Å². The molecule has 7 nitrogen and oxygen atoms in total. The normalized spacial score (nSPS) is 19.3. The predicted octanol–water partition coefficient (Wildman–Crippen LogP) is 4.44. The molecule has 4 aromatic rings. The smallest absolute Gasteiger partial charge is 0.337 e. The van der Waals surface area contributed by atoms with Gasteiger partial charge in [-0.3, -0.25) is 9.69 Å². The second-order valence-electron chi connectivity index (χ2n) is 8.50. The van der Waals surface area contributed by atoms with Gasteiger partial charge >= 0.3 is 12.0 Å². The van der Waals surface area contributed by atoms with Crippen molar-refractivity contribution in [2.45, 2.75) is 18.5 Å². The highest BCUT2D eigenvalue weighted by Gasteiger charge is 2.53. The number of ether oxygens (including phenoxy) is 1. The number of hydrogen-bond donors (Lipinski definition) is 1. The number of nitrogens with one attached hydrogen (secondary N) is 1. The zero-order valence-corrected chi connectivity index (χ0v) is 18.4. The number of carbonyl (C=O) groups is 3. The molecule has 1 N–H and O–H groups in total. The van der Waals surface area contributed by atoms with Gasteiger partial charge < -0.3 is 9.72 Å². The minimum atomic E-state index is -0.621. The van der Waals surface area contributed by atoms with Gasteiger partial charge in [-0.25, -0.2) is 14.5 Å². The molecule has 2 atom stereocenters. The first-order valence-corrected chi connectivity index (χ1v) is 11.1. The first kappa shape index (κ1) is 20.2. The monoisotopic (exact) mass is 451 g/mol. The molecule has 0 radical (unpaired) electrons. The van der Waals surface area contributed by atoms with Crippen LogP contribution in [0.25, 0.3) is 10.9 Å². The molecule has 0 aliphatic carbocycles. The molecule has 7 heteroatoms. The minimum Gasteiger partial charge on any atom is -0.465 e. The van der Waals surface area contributed by atoms with Crippen molar-refractivity contribution in [3.8, 4) is 0 Å². The van der Waals surface area contributed by atoms with Crippen molar-refractivity contribution in [1.29, 1.82) is 0 Å². The van der Waals surface area contributed by atoms with Gasteiger partial charge in [0.25, 0.3) is 5.91 Å². The Labute approximate surface area is 195 Å². The Hall–Kier alpha value is -4.39. The van der Waals surface area contributed by atoms with Crippen molar-refractivity contribution in [3.05, 3.63) is 101 Å². The van der Waals surface area contributed by atoms with E-state index in [2.05, 4.69) is 4.98 Å². The van der Waals surface area contributed by atoms with Crippen molar-refractivity contribution in [2.24, 2.45) is 0 Å². The average molecular weight is 451 g/mol. The quantitative estimate of drug-likeness (QED) is 0.369. The van der Waals surface area contributed by atoms with E-state index in [9.17, 15) is 14.4 Å². The van der Waals surface area contributed by atoms with E-state index in [-0.39, 0.29) is 11.9 Å². The third-order valence-corrected chi connectivity index (χ3v) is 6.71. The number of H-pyrrole nitrogens is 1. The number of aromatic nitrogens is 1. The van der Waals surface area contributed by atoms with Crippen molar-refractivity contribution >= 4 is 34.5 Å². The van der Waals surface area contributed by atoms with Gasteiger partial charge in [0, 0.05) is 23.0 Å². The van der Waals surface area contributed by atoms with Gasteiger partial charge in [-0.1, -0.05) is 48.5 Å². The third kappa shape index (κ3) is 2.86. The lowest BCUT2D eigenvalue weighted by Crippen LogP contribution is -2.44. The molecule has 3 amide bonds. The molecule has 2 aliphatic rings. The second kappa shape index (κ2) is 7.59. The van der Waals surface area contributed by atoms with E-state index >= 15 is 0 Å². The van der Waals surface area contributed by atoms with E-state index in [1.807, 2.05) is 54.6 Å². The summed E-state index contributed by atoms with van der Waals surface area (Å²) in [6, 6.07) is 22.5. The van der Waals surface area contributed by atoms with Crippen LogP contribution in [0.1, 0.15) is 33.2 Å². The number of amides is 3. The van der Waals surface area contributed by atoms with Crippen LogP contribution in [0.4, 0.5) is 10.5 Å². The second-order valence-corrected chi connectivity index (χ2v) is 8.50. The van der Waals surface area contributed by atoms with Gasteiger partial charge in [0.1, 0.15) is 12.1 Å². The average Bonchev–Trinajstić information content (AvgIpc) is 3.37. The zero-order chi connectivity index (χ0) is 23.4. The number of nitrogens with zero attached hydrogens (tertiary/aromatic N) is 2. The lowest BCUT2D eigenvalue weighted by Gasteiger charge is -2.36. The molecule has 1 saturated heterocycles. The predicted molar refractivity (Wildman–Crippen MR) is 127 cm³/mol. The van der Waals surface area contributed by atoms with Crippen LogP contribution in [0.5, 0.6) is 0 Å². The molecule has 0 spiro atoms. The summed E-state index contributed by atoms with van der Waals surface area (Å²) in [5, 5.41) is 1.05. The number of imide groups is 1. The number of esters is 1. The summed E-state index contributed by atoms with van der Waals surface area (Å²) in [5.41, 5.74) is 4.67. The highest BCUT2D eigenvalue weighted by atomic mass is 16.5. The van der Waals surface area contributed by atoms with Crippen LogP contribution in [-0.4, -0.2) is 40.9 Å². The molecule has 2 aliphatic heterocycles. The van der Waals surface area contributed by atoms with Gasteiger partial charge in [0.15, 0.2) is 0 Å². The Kier molecular flexibility index (Phi) is 4.52. The van der Waals surface area contributed by atoms with Crippen LogP contribution in [-0.2, 0) is 16.0 Å². The topological polar surface area (TPSA) is 82.7 Å². The van der Waals surface area contributed by atoms with Gasteiger partial charge in [-0.2, -0.15) is 0 Å². The summed E-state index contributed by atoms with van der Waals surface area (Å²) in [5.74, 6) is -0.662. The van der Waals surface area contributed by atoms with E-state index in [1.54, 1.807) is 29.2 Å². The molecular weight excluding hydrogens is 430 g/mol. The molecule has 6 rings (SSSR count). The molecule has 0 bridgehead atoms. The third-order valence-electron chi connectivity index (χ3n) is 6.71. The fourth-order valence-corrected chi connectivity index (χ4v) is 5.16. The first-order valence-electron chi connectivity index (χ1n) is 11.1. The van der Waals surface area contributed by atoms with Crippen LogP contribution < -0.4 is 4.90 Å². The number of rotatable bonds is 3. The van der Waals surface area contributed by atoms with Crippen molar-refractivity contribution in [3.63, 3.8) is 0 Å². The van der Waals surface area contributed by atoms with Crippen LogP contribution in [0.15, 0.2) is 78.9 Å². The highest BCUT2D eigenvalue weighted by Crippen LogP contribution is 2.44. The van der Waals surface area contributed by atoms with Gasteiger partial charge in [0.05, 0.1) is 18.4 Å². The number of anilines is 1. The SMILES string of the molecule is COC(=O)c1ccc(C2c3[nH]c4ccccc4c3C[C@H]3C(=O)N(c4ccccc4)C(=O)N23)cc1. The van der Waals surface area contributed by atoms with Crippen molar-refractivity contribution in [1.82, 2.24) is 9.88 Å². The number of carbonyl (C=O) groups excluding carboxylic acids is 3. The summed E-state index contributed by atoms with van der Waals surface area (Å²) < 4.78 is 4.82. The van der Waals surface area contributed by atoms with E-state index in [4.69, 9.17) is 4.74 Å². The largest absolute Gasteiger partial charge is 0.465 e. The van der Waals surface area contributed by atoms with E-state index in [1.165, 1.54) is 12.0 Å². The Morgan fingerprint density at radius 1 is 0.941 bits per heavy atom. The van der Waals surface area contributed by atoms with Gasteiger partial charge in [-0.15, -0.1) is 0 Å². The minimum absolute atomic E-state index is 0.233. The number of methoxy groups -OCH3 is 1. The van der Waals surface area contributed by atoms with Crippen molar-refractivity contribution < 1.29 is 19.1 Å². The Balaban J connectivity index is 1.52. The summed E-state index contributed by atoms with van der Waals surface area (Å²) in [4.78, 5) is 45.7. The maximum absolute atomic E-state index is 13.7. The molecule has 1 fully saturated rings. The molecule has 1 unspecified atom stereocenters. The van der Waals surface area contributed by atoms with E-state index in [0.29, 0.717) is 17.7 Å². The van der Waals surface area contributed by atoms with Crippen molar-refractivity contribution in [2.75, 3.05) is 12.0 Å². The van der Waals surface area contributed by atoms with Crippen LogP contribution in [0, 0.1) is 0 Å². The molecular formula is C27H21N3O4. The number of benzene rings is 3. The summed E-state index contributed by atoms with van der Waals surface area (Å²) in [7, 11) is 1.34. The zero-order valence-electron chi connectivity index (χ0n) is 18.4. The van der Waals surface area contributed by atoms with Gasteiger partial charge in [-0.05, 0) is 41.5 Å². The number of hydrogen-bond acceptors (Lipinski definition) is 4. The molecule has 3 aromatic carbocycles. The number of para-hydroxylation sites is 2. The van der Waals surface area contributed by atoms with E-state index in [0.717, 1.165) is 27.7 Å². The summed E-state index contributed by atoms with van der Waals surface area (Å²) in [6.07, 6.45) is 0.435. The molecule has 3 heterocycles. The Morgan fingerprint density at radius 2 is 1.65 bits per heavy atom. The maximum Gasteiger partial charge on any atom is 0.337 e. The molecule has 34 heavy (non-hydrogen) atoms. The lowest BCUT2D eigenvalue weighted by atomic mass is 9.88. The Morgan fingerprint density at radius 3 is 2.38 bits per heavy atom. The standard InChI is InChI=1S/C27H21N3O4/c1-34-26(32)17-13-11-16(12-14-17)24-23-20(19-9-5-6-10-21(19)28-23)15-22-25(31)29(27(33)30(22)24)18-7-3-2-4-8-18/h2-14,22,24,28H,15H2,1H3/t22-,24?/m0/s1. The highest BCUT2D eigenvalue weighted by molar-refractivity contribution is 6.22. The summed E-state index contributed by atoms with van der Waals surface area (Å²) >= 11 is 0. The fraction of sp³-hybridized carbons (Fsp3) is 0.148. The number of urea groups is 1. The maximum atomic E-state index is 13.7. The molecule has 168 valence electrons. The van der Waals surface area contributed by atoms with Crippen LogP contribution in [0.2, 0.25) is 0 Å². The number of fused-ring (bicyclic) bond motifs is 4. The summed E-state index contributed by atoms with van der Waals surface area (Å²) in [6.45, 7) is 0. The number of aromatic amines is 1. The Bertz CT molecular complexity index is 1440. The fourth-order valence-electron chi connectivity index (χ4n) is 5.16. The van der Waals surface area contributed by atoms with Gasteiger partial charge in [0.2, 0.25) is 0 Å². The first-order chi connectivity index (χ1) is 16.6. The molecule has 1 aromatic heterocycles. The lowest BCUT2D eigenvalue weighted by molar-refractivity contribution is -0.120. The molecule has 0 saturated carbocycles. The van der Waals surface area contributed by atoms with E-state index < -0.39 is 18.1 Å².